The Labute approximate surface area is 161 Å². The van der Waals surface area contributed by atoms with E-state index in [0.717, 1.165) is 0 Å². The molecule has 0 radical (unpaired) electrons. The van der Waals surface area contributed by atoms with Crippen LogP contribution in [0.25, 0.3) is 0 Å². The van der Waals surface area contributed by atoms with Crippen LogP contribution < -0.4 is 15.9 Å². The van der Waals surface area contributed by atoms with Gasteiger partial charge in [0.1, 0.15) is 15.9 Å². The largest absolute Gasteiger partial charge is 0.349 e. The molecule has 3 rings (SSSR count). The van der Waals surface area contributed by atoms with Crippen LogP contribution in [0.3, 0.4) is 0 Å². The molecule has 3 aromatic carbocycles. The molecule has 0 atom stereocenters. The summed E-state index contributed by atoms with van der Waals surface area (Å²) in [6, 6.07) is 32.5. The minimum Gasteiger partial charge on any atom is -0.349 e. The summed E-state index contributed by atoms with van der Waals surface area (Å²) >= 11 is 10.2. The molecule has 25 heavy (non-hydrogen) atoms. The summed E-state index contributed by atoms with van der Waals surface area (Å²) in [5.41, 5.74) is 0. The predicted octanol–water partition coefficient (Wildman–Crippen LogP) is 4.96. The lowest BCUT2D eigenvalue weighted by molar-refractivity contribution is 0.169. The Bertz CT molecular complexity index is 612. The van der Waals surface area contributed by atoms with E-state index in [9.17, 15) is 0 Å². The lowest BCUT2D eigenvalue weighted by Crippen LogP contribution is -2.20. The standard InChI is InChI=1S/C18H15P.C3H6Cl2O/c1-4-10-16(11-5-1)19(17-12-6-2-7-13-17)18-14-8-3-9-15-18;1-2-6-3(4)5/h1-15H;3H,2H2,1H3/p+1. The number of ether oxygens (including phenoxy) is 1. The molecule has 0 heterocycles. The van der Waals surface area contributed by atoms with E-state index < -0.39 is 12.9 Å². The minimum absolute atomic E-state index is 0.567. The summed E-state index contributed by atoms with van der Waals surface area (Å²) < 4.78 is 4.57. The third-order valence-electron chi connectivity index (χ3n) is 3.48. The van der Waals surface area contributed by atoms with Crippen LogP contribution >= 0.6 is 31.1 Å². The van der Waals surface area contributed by atoms with Crippen molar-refractivity contribution in [1.29, 1.82) is 0 Å². The van der Waals surface area contributed by atoms with E-state index in [-0.39, 0.29) is 0 Å². The molecule has 0 aliphatic heterocycles. The van der Waals surface area contributed by atoms with Crippen molar-refractivity contribution in [3.8, 4) is 0 Å². The molecule has 130 valence electrons. The van der Waals surface area contributed by atoms with Crippen LogP contribution in [0.4, 0.5) is 0 Å². The van der Waals surface area contributed by atoms with Gasteiger partial charge in [0, 0.05) is 6.61 Å². The van der Waals surface area contributed by atoms with Crippen LogP contribution in [0.1, 0.15) is 6.92 Å². The highest BCUT2D eigenvalue weighted by Gasteiger charge is 2.24. The summed E-state index contributed by atoms with van der Waals surface area (Å²) in [6.45, 7) is 2.40. The van der Waals surface area contributed by atoms with Gasteiger partial charge in [-0.05, 0) is 43.3 Å². The third-order valence-corrected chi connectivity index (χ3v) is 6.46. The number of hydrogen-bond donors (Lipinski definition) is 0. The van der Waals surface area contributed by atoms with E-state index in [4.69, 9.17) is 23.2 Å². The number of alkyl halides is 2. The summed E-state index contributed by atoms with van der Waals surface area (Å²) in [5, 5.41) is 3.65. The van der Waals surface area contributed by atoms with Gasteiger partial charge in [0.25, 0.3) is 0 Å². The maximum Gasteiger partial charge on any atom is 0.206 e. The van der Waals surface area contributed by atoms with Crippen LogP contribution in [-0.4, -0.2) is 11.6 Å². The maximum absolute atomic E-state index is 5.12. The van der Waals surface area contributed by atoms with E-state index in [2.05, 4.69) is 95.7 Å². The van der Waals surface area contributed by atoms with Crippen molar-refractivity contribution >= 4 is 47.0 Å². The SMILES string of the molecule is CCOC(Cl)Cl.c1ccc([PH+](c2ccccc2)c2ccccc2)cc1. The smallest absolute Gasteiger partial charge is 0.206 e. The first kappa shape index (κ1) is 19.9. The molecule has 0 N–H and O–H groups in total. The molecule has 0 unspecified atom stereocenters. The van der Waals surface area contributed by atoms with Crippen molar-refractivity contribution in [1.82, 2.24) is 0 Å². The van der Waals surface area contributed by atoms with Gasteiger partial charge in [-0.25, -0.2) is 0 Å². The van der Waals surface area contributed by atoms with Crippen molar-refractivity contribution in [3.63, 3.8) is 0 Å². The van der Waals surface area contributed by atoms with Crippen LogP contribution in [0.2, 0.25) is 0 Å². The average Bonchev–Trinajstić information content (AvgIpc) is 2.65. The zero-order valence-corrected chi connectivity index (χ0v) is 16.6. The van der Waals surface area contributed by atoms with Crippen molar-refractivity contribution < 1.29 is 4.74 Å². The fourth-order valence-corrected chi connectivity index (χ4v) is 5.27. The molecule has 0 fully saturated rings. The molecule has 0 aliphatic carbocycles. The molecule has 0 saturated heterocycles. The van der Waals surface area contributed by atoms with Gasteiger partial charge >= 0.3 is 0 Å². The molecule has 0 spiro atoms. The van der Waals surface area contributed by atoms with E-state index in [1.165, 1.54) is 15.9 Å². The van der Waals surface area contributed by atoms with Gasteiger partial charge in [0.05, 0.1) is 7.92 Å². The molecule has 0 aliphatic rings. The molecule has 3 aromatic rings. The Morgan fingerprint density at radius 3 is 1.20 bits per heavy atom. The Kier molecular flexibility index (Phi) is 9.00. The maximum atomic E-state index is 5.12. The topological polar surface area (TPSA) is 9.23 Å². The first-order chi connectivity index (χ1) is 12.2. The van der Waals surface area contributed by atoms with Crippen molar-refractivity contribution in [2.75, 3.05) is 6.61 Å². The van der Waals surface area contributed by atoms with Crippen molar-refractivity contribution in [2.45, 2.75) is 11.9 Å². The van der Waals surface area contributed by atoms with Crippen LogP contribution in [0, 0.1) is 0 Å². The normalized spacial score (nSPS) is 10.4. The monoisotopic (exact) mass is 391 g/mol. The van der Waals surface area contributed by atoms with Gasteiger partial charge in [-0.3, -0.25) is 0 Å². The van der Waals surface area contributed by atoms with Gasteiger partial charge in [0.2, 0.25) is 5.02 Å². The van der Waals surface area contributed by atoms with Gasteiger partial charge < -0.3 is 4.74 Å². The van der Waals surface area contributed by atoms with E-state index >= 15 is 0 Å². The Morgan fingerprint density at radius 1 is 0.680 bits per heavy atom. The van der Waals surface area contributed by atoms with Crippen LogP contribution in [0.15, 0.2) is 91.0 Å². The minimum atomic E-state index is -0.877. The Balaban J connectivity index is 0.000000326. The zero-order chi connectivity index (χ0) is 17.9. The van der Waals surface area contributed by atoms with Crippen LogP contribution in [-0.2, 0) is 4.74 Å². The lowest BCUT2D eigenvalue weighted by Gasteiger charge is -2.10. The van der Waals surface area contributed by atoms with Gasteiger partial charge in [0.15, 0.2) is 0 Å². The highest BCUT2D eigenvalue weighted by molar-refractivity contribution is 7.79. The van der Waals surface area contributed by atoms with Crippen molar-refractivity contribution in [3.05, 3.63) is 91.0 Å². The number of rotatable bonds is 5. The fraction of sp³-hybridized carbons (Fsp3) is 0.143. The second-order valence-corrected chi connectivity index (χ2v) is 8.69. The van der Waals surface area contributed by atoms with Gasteiger partial charge in [-0.1, -0.05) is 77.8 Å². The van der Waals surface area contributed by atoms with E-state index in [1.807, 2.05) is 6.92 Å². The summed E-state index contributed by atoms with van der Waals surface area (Å²) in [5.74, 6) is 0. The second kappa shape index (κ2) is 11.3. The Morgan fingerprint density at radius 2 is 1.00 bits per heavy atom. The predicted molar refractivity (Wildman–Crippen MR) is 114 cm³/mol. The van der Waals surface area contributed by atoms with Crippen molar-refractivity contribution in [2.24, 2.45) is 0 Å². The summed E-state index contributed by atoms with van der Waals surface area (Å²) in [7, 11) is -0.877. The van der Waals surface area contributed by atoms with Gasteiger partial charge in [-0.15, -0.1) is 0 Å². The molecule has 4 heteroatoms. The van der Waals surface area contributed by atoms with Gasteiger partial charge in [-0.2, -0.15) is 0 Å². The number of hydrogen-bond acceptors (Lipinski definition) is 1. The molecular weight excluding hydrogens is 370 g/mol. The number of benzene rings is 3. The summed E-state index contributed by atoms with van der Waals surface area (Å²) in [4.78, 5) is 0. The second-order valence-electron chi connectivity index (χ2n) is 5.19. The lowest BCUT2D eigenvalue weighted by atomic mass is 10.4. The molecule has 1 nitrogen and oxygen atoms in total. The molecule has 0 bridgehead atoms. The van der Waals surface area contributed by atoms with E-state index in [0.29, 0.717) is 6.61 Å². The number of halogens is 2. The zero-order valence-electron chi connectivity index (χ0n) is 14.1. The molecule has 0 amide bonds. The average molecular weight is 392 g/mol. The first-order valence-corrected chi connectivity index (χ1v) is 10.5. The third kappa shape index (κ3) is 6.80. The summed E-state index contributed by atoms with van der Waals surface area (Å²) in [6.07, 6.45) is 0. The van der Waals surface area contributed by atoms with E-state index in [1.54, 1.807) is 0 Å². The molecule has 0 aromatic heterocycles. The molecule has 0 saturated carbocycles. The fourth-order valence-electron chi connectivity index (χ4n) is 2.44. The quantitative estimate of drug-likeness (QED) is 0.441. The molecular formula is C21H22Cl2OP+. The highest BCUT2D eigenvalue weighted by Crippen LogP contribution is 2.32. The Hall–Kier alpha value is -1.37. The van der Waals surface area contributed by atoms with Crippen LogP contribution in [0.5, 0.6) is 0 Å². The highest BCUT2D eigenvalue weighted by atomic mass is 35.5. The first-order valence-electron chi connectivity index (χ1n) is 8.15.